The van der Waals surface area contributed by atoms with Gasteiger partial charge in [0.15, 0.2) is 0 Å². The van der Waals surface area contributed by atoms with E-state index >= 15 is 0 Å². The summed E-state index contributed by atoms with van der Waals surface area (Å²) in [5, 5.41) is 4.08. The third-order valence-corrected chi connectivity index (χ3v) is 3.66. The number of nitrogens with zero attached hydrogens (tertiary/aromatic N) is 2. The van der Waals surface area contributed by atoms with Gasteiger partial charge in [-0.25, -0.2) is 0 Å². The molecule has 2 saturated heterocycles. The van der Waals surface area contributed by atoms with Crippen LogP contribution >= 0.6 is 0 Å². The van der Waals surface area contributed by atoms with Crippen LogP contribution in [0.1, 0.15) is 24.8 Å². The average molecular weight is 220 g/mol. The van der Waals surface area contributed by atoms with Crippen LogP contribution in [0.2, 0.25) is 0 Å². The largest absolute Gasteiger partial charge is 0.374 e. The third kappa shape index (κ3) is 1.67. The molecule has 3 unspecified atom stereocenters. The number of aromatic nitrogens is 2. The molecule has 0 saturated carbocycles. The topological polar surface area (TPSA) is 44.1 Å². The number of ketones is 1. The second-order valence-corrected chi connectivity index (χ2v) is 4.88. The Morgan fingerprint density at radius 2 is 2.50 bits per heavy atom. The van der Waals surface area contributed by atoms with E-state index in [1.54, 1.807) is 10.9 Å². The molecule has 2 fully saturated rings. The first-order valence-corrected chi connectivity index (χ1v) is 5.88. The number of carbonyl (C=O) groups excluding carboxylic acids is 1. The Morgan fingerprint density at radius 1 is 1.62 bits per heavy atom. The molecule has 4 heteroatoms. The molecule has 3 heterocycles. The molecule has 16 heavy (non-hydrogen) atoms. The van der Waals surface area contributed by atoms with Crippen molar-refractivity contribution >= 4 is 5.78 Å². The van der Waals surface area contributed by atoms with Crippen molar-refractivity contribution in [2.75, 3.05) is 0 Å². The first-order chi connectivity index (χ1) is 7.72. The quantitative estimate of drug-likeness (QED) is 0.766. The van der Waals surface area contributed by atoms with Crippen molar-refractivity contribution < 1.29 is 9.53 Å². The molecule has 1 aromatic heterocycles. The van der Waals surface area contributed by atoms with Gasteiger partial charge in [-0.15, -0.1) is 0 Å². The van der Waals surface area contributed by atoms with Gasteiger partial charge in [-0.1, -0.05) is 0 Å². The maximum Gasteiger partial charge on any atom is 0.143 e. The summed E-state index contributed by atoms with van der Waals surface area (Å²) in [6.07, 6.45) is 7.88. The molecule has 0 aromatic carbocycles. The van der Waals surface area contributed by atoms with Crippen molar-refractivity contribution in [3.05, 3.63) is 18.0 Å². The third-order valence-electron chi connectivity index (χ3n) is 3.66. The molecule has 2 bridgehead atoms. The first kappa shape index (κ1) is 10.0. The molecule has 2 aliphatic rings. The first-order valence-electron chi connectivity index (χ1n) is 5.88. The number of ether oxygens (including phenoxy) is 1. The summed E-state index contributed by atoms with van der Waals surface area (Å²) < 4.78 is 7.44. The Kier molecular flexibility index (Phi) is 2.32. The van der Waals surface area contributed by atoms with E-state index in [0.29, 0.717) is 18.3 Å². The fourth-order valence-corrected chi connectivity index (χ4v) is 2.87. The second kappa shape index (κ2) is 3.70. The van der Waals surface area contributed by atoms with Gasteiger partial charge in [0.05, 0.1) is 18.4 Å². The number of carbonyl (C=O) groups is 1. The monoisotopic (exact) mass is 220 g/mol. The zero-order valence-corrected chi connectivity index (χ0v) is 9.43. The summed E-state index contributed by atoms with van der Waals surface area (Å²) in [6, 6.07) is 0. The molecule has 0 radical (unpaired) electrons. The van der Waals surface area contributed by atoms with Crippen LogP contribution < -0.4 is 0 Å². The van der Waals surface area contributed by atoms with Gasteiger partial charge in [-0.2, -0.15) is 5.10 Å². The number of rotatable bonds is 3. The van der Waals surface area contributed by atoms with E-state index in [1.807, 2.05) is 13.2 Å². The summed E-state index contributed by atoms with van der Waals surface area (Å²) in [7, 11) is 1.87. The molecule has 2 aliphatic heterocycles. The predicted molar refractivity (Wildman–Crippen MR) is 57.9 cm³/mol. The number of hydrogen-bond acceptors (Lipinski definition) is 3. The molecular formula is C12H16N2O2. The van der Waals surface area contributed by atoms with Crippen LogP contribution in [0.15, 0.2) is 12.4 Å². The molecular weight excluding hydrogens is 204 g/mol. The highest BCUT2D eigenvalue weighted by atomic mass is 16.5. The van der Waals surface area contributed by atoms with Crippen molar-refractivity contribution in [3.63, 3.8) is 0 Å². The van der Waals surface area contributed by atoms with Crippen LogP contribution in [-0.4, -0.2) is 27.8 Å². The fraction of sp³-hybridized carbons (Fsp3) is 0.667. The van der Waals surface area contributed by atoms with Crippen LogP contribution in [0.25, 0.3) is 0 Å². The maximum atomic E-state index is 12.1. The molecule has 0 spiro atoms. The van der Waals surface area contributed by atoms with Crippen LogP contribution in [0.3, 0.4) is 0 Å². The summed E-state index contributed by atoms with van der Waals surface area (Å²) in [4.78, 5) is 12.1. The van der Waals surface area contributed by atoms with Gasteiger partial charge in [-0.3, -0.25) is 9.48 Å². The summed E-state index contributed by atoms with van der Waals surface area (Å²) in [5.41, 5.74) is 1.01. The van der Waals surface area contributed by atoms with Gasteiger partial charge in [0, 0.05) is 25.6 Å². The van der Waals surface area contributed by atoms with Crippen LogP contribution in [0.4, 0.5) is 0 Å². The normalized spacial score (nSPS) is 32.2. The number of Topliss-reactive ketones (excluding diaryl/α,β-unsaturated/α-hetero) is 1. The van der Waals surface area contributed by atoms with Gasteiger partial charge in [0.1, 0.15) is 5.78 Å². The van der Waals surface area contributed by atoms with E-state index < -0.39 is 0 Å². The Balaban J connectivity index is 1.65. The van der Waals surface area contributed by atoms with Crippen LogP contribution in [0.5, 0.6) is 0 Å². The van der Waals surface area contributed by atoms with Crippen molar-refractivity contribution in [2.24, 2.45) is 13.0 Å². The Hall–Kier alpha value is -1.16. The molecule has 1 aromatic rings. The number of aryl methyl sites for hydroxylation is 1. The molecule has 0 aliphatic carbocycles. The molecule has 3 atom stereocenters. The van der Waals surface area contributed by atoms with Gasteiger partial charge < -0.3 is 4.74 Å². The van der Waals surface area contributed by atoms with Gasteiger partial charge in [0.25, 0.3) is 0 Å². The lowest BCUT2D eigenvalue weighted by molar-refractivity contribution is -0.123. The second-order valence-electron chi connectivity index (χ2n) is 4.88. The lowest BCUT2D eigenvalue weighted by atomic mass is 9.84. The van der Waals surface area contributed by atoms with Crippen LogP contribution in [-0.2, 0) is 23.0 Å². The van der Waals surface area contributed by atoms with Gasteiger partial charge in [0.2, 0.25) is 0 Å². The highest BCUT2D eigenvalue weighted by Gasteiger charge is 2.43. The van der Waals surface area contributed by atoms with Crippen molar-refractivity contribution in [1.29, 1.82) is 0 Å². The van der Waals surface area contributed by atoms with E-state index in [-0.39, 0.29) is 12.0 Å². The molecule has 86 valence electrons. The van der Waals surface area contributed by atoms with Crippen molar-refractivity contribution in [3.8, 4) is 0 Å². The minimum atomic E-state index is 0.138. The Labute approximate surface area is 94.6 Å². The minimum Gasteiger partial charge on any atom is -0.374 e. The Morgan fingerprint density at radius 3 is 3.06 bits per heavy atom. The smallest absolute Gasteiger partial charge is 0.143 e. The molecule has 3 rings (SSSR count). The maximum absolute atomic E-state index is 12.1. The van der Waals surface area contributed by atoms with Gasteiger partial charge in [-0.05, 0) is 24.8 Å². The standard InChI is InChI=1S/C12H16N2O2/c1-14-7-8(6-13-14)4-11(15)10-5-9-2-3-12(10)16-9/h6-7,9-10,12H,2-5H2,1H3. The fourth-order valence-electron chi connectivity index (χ4n) is 2.87. The zero-order valence-electron chi connectivity index (χ0n) is 9.43. The number of fused-ring (bicyclic) bond motifs is 2. The van der Waals surface area contributed by atoms with Crippen molar-refractivity contribution in [2.45, 2.75) is 37.9 Å². The van der Waals surface area contributed by atoms with E-state index in [2.05, 4.69) is 5.10 Å². The number of hydrogen-bond donors (Lipinski definition) is 0. The highest BCUT2D eigenvalue weighted by molar-refractivity contribution is 5.84. The van der Waals surface area contributed by atoms with Crippen molar-refractivity contribution in [1.82, 2.24) is 9.78 Å². The Bertz CT molecular complexity index is 413. The van der Waals surface area contributed by atoms with Crippen LogP contribution in [0, 0.1) is 5.92 Å². The van der Waals surface area contributed by atoms with E-state index in [4.69, 9.17) is 4.74 Å². The molecule has 0 amide bonds. The molecule has 0 N–H and O–H groups in total. The van der Waals surface area contributed by atoms with Gasteiger partial charge >= 0.3 is 0 Å². The average Bonchev–Trinajstić information content (AvgIpc) is 2.93. The summed E-state index contributed by atoms with van der Waals surface area (Å²) in [5.74, 6) is 0.458. The SMILES string of the molecule is Cn1cc(CC(=O)C2CC3CCC2O3)cn1. The van der Waals surface area contributed by atoms with E-state index in [0.717, 1.165) is 24.8 Å². The zero-order chi connectivity index (χ0) is 11.1. The lowest BCUT2D eigenvalue weighted by Gasteiger charge is -2.16. The lowest BCUT2D eigenvalue weighted by Crippen LogP contribution is -2.26. The van der Waals surface area contributed by atoms with E-state index in [1.165, 1.54) is 0 Å². The van der Waals surface area contributed by atoms with E-state index in [9.17, 15) is 4.79 Å². The highest BCUT2D eigenvalue weighted by Crippen LogP contribution is 2.39. The summed E-state index contributed by atoms with van der Waals surface area (Å²) >= 11 is 0. The summed E-state index contributed by atoms with van der Waals surface area (Å²) in [6.45, 7) is 0. The minimum absolute atomic E-state index is 0.138. The predicted octanol–water partition coefficient (Wildman–Crippen LogP) is 1.10. The molecule has 4 nitrogen and oxygen atoms in total.